The van der Waals surface area contributed by atoms with Crippen LogP contribution in [0.1, 0.15) is 0 Å². The van der Waals surface area contributed by atoms with E-state index in [4.69, 9.17) is 0 Å². The standard InChI is InChI=1S/C8H3F7OS/c9-5-3-4(17-8(13,14)15)1-2-6(5)16-7(10,11)12/h1-3H. The van der Waals surface area contributed by atoms with Crippen LogP contribution in [0, 0.1) is 5.82 Å². The number of hydrogen-bond donors (Lipinski definition) is 0. The van der Waals surface area contributed by atoms with Gasteiger partial charge in [-0.2, -0.15) is 13.2 Å². The first-order chi connectivity index (χ1) is 7.57. The Morgan fingerprint density at radius 2 is 1.59 bits per heavy atom. The van der Waals surface area contributed by atoms with E-state index in [9.17, 15) is 30.7 Å². The van der Waals surface area contributed by atoms with Gasteiger partial charge >= 0.3 is 11.9 Å². The zero-order chi connectivity index (χ0) is 13.3. The van der Waals surface area contributed by atoms with Crippen molar-refractivity contribution in [3.05, 3.63) is 24.0 Å². The number of hydrogen-bond acceptors (Lipinski definition) is 2. The minimum Gasteiger partial charge on any atom is -0.403 e. The molecule has 1 rings (SSSR count). The zero-order valence-electron chi connectivity index (χ0n) is 7.69. The second-order valence-electron chi connectivity index (χ2n) is 2.69. The van der Waals surface area contributed by atoms with E-state index in [2.05, 4.69) is 4.74 Å². The van der Waals surface area contributed by atoms with E-state index >= 15 is 0 Å². The first-order valence-electron chi connectivity index (χ1n) is 3.88. The quantitative estimate of drug-likeness (QED) is 0.589. The number of alkyl halides is 6. The van der Waals surface area contributed by atoms with E-state index in [1.165, 1.54) is 0 Å². The fraction of sp³-hybridized carbons (Fsp3) is 0.250. The maximum atomic E-state index is 12.9. The molecule has 9 heteroatoms. The third-order valence-electron chi connectivity index (χ3n) is 1.36. The van der Waals surface area contributed by atoms with Gasteiger partial charge in [0.15, 0.2) is 11.6 Å². The average Bonchev–Trinajstić information content (AvgIpc) is 2.05. The Morgan fingerprint density at radius 3 is 2.00 bits per heavy atom. The first-order valence-corrected chi connectivity index (χ1v) is 4.69. The molecule has 1 aromatic carbocycles. The van der Waals surface area contributed by atoms with Crippen LogP contribution < -0.4 is 4.74 Å². The fourth-order valence-corrected chi connectivity index (χ4v) is 1.45. The highest BCUT2D eigenvalue weighted by Gasteiger charge is 2.33. The molecule has 0 atom stereocenters. The van der Waals surface area contributed by atoms with Crippen molar-refractivity contribution in [2.24, 2.45) is 0 Å². The molecule has 0 heterocycles. The highest BCUT2D eigenvalue weighted by atomic mass is 32.2. The maximum absolute atomic E-state index is 12.9. The van der Waals surface area contributed by atoms with Gasteiger partial charge in [-0.3, -0.25) is 0 Å². The van der Waals surface area contributed by atoms with Crippen LogP contribution in [0.15, 0.2) is 23.1 Å². The lowest BCUT2D eigenvalue weighted by Gasteiger charge is -2.11. The molecule has 0 radical (unpaired) electrons. The van der Waals surface area contributed by atoms with Gasteiger partial charge in [-0.1, -0.05) is 0 Å². The molecule has 0 amide bonds. The van der Waals surface area contributed by atoms with Gasteiger partial charge in [0.1, 0.15) is 0 Å². The normalized spacial score (nSPS) is 12.6. The molecule has 0 spiro atoms. The molecule has 0 saturated heterocycles. The number of ether oxygens (including phenoxy) is 1. The molecule has 0 fully saturated rings. The van der Waals surface area contributed by atoms with E-state index in [-0.39, 0.29) is 0 Å². The summed E-state index contributed by atoms with van der Waals surface area (Å²) < 4.78 is 87.0. The lowest BCUT2D eigenvalue weighted by Crippen LogP contribution is -2.17. The van der Waals surface area contributed by atoms with Crippen LogP contribution in [0.25, 0.3) is 0 Å². The minimum absolute atomic E-state index is 0.319. The van der Waals surface area contributed by atoms with Crippen LogP contribution in [0.4, 0.5) is 30.7 Å². The Hall–Kier alpha value is -1.12. The Labute approximate surface area is 94.6 Å². The lowest BCUT2D eigenvalue weighted by atomic mass is 10.3. The maximum Gasteiger partial charge on any atom is 0.573 e. The van der Waals surface area contributed by atoms with Gasteiger partial charge in [0.25, 0.3) is 0 Å². The fourth-order valence-electron chi connectivity index (χ4n) is 0.886. The third-order valence-corrected chi connectivity index (χ3v) is 2.08. The van der Waals surface area contributed by atoms with E-state index in [1.54, 1.807) is 0 Å². The van der Waals surface area contributed by atoms with Crippen molar-refractivity contribution in [1.29, 1.82) is 0 Å². The Morgan fingerprint density at radius 1 is 1.00 bits per heavy atom. The lowest BCUT2D eigenvalue weighted by molar-refractivity contribution is -0.275. The third kappa shape index (κ3) is 5.16. The molecule has 0 aliphatic heterocycles. The zero-order valence-corrected chi connectivity index (χ0v) is 8.51. The van der Waals surface area contributed by atoms with Crippen molar-refractivity contribution < 1.29 is 35.5 Å². The van der Waals surface area contributed by atoms with Crippen LogP contribution in [-0.2, 0) is 0 Å². The largest absolute Gasteiger partial charge is 0.573 e. The van der Waals surface area contributed by atoms with Crippen molar-refractivity contribution in [1.82, 2.24) is 0 Å². The number of halogens is 7. The summed E-state index contributed by atoms with van der Waals surface area (Å²) in [6, 6.07) is 1.48. The van der Waals surface area contributed by atoms with E-state index in [0.29, 0.717) is 18.2 Å². The van der Waals surface area contributed by atoms with Gasteiger partial charge in [-0.15, -0.1) is 13.2 Å². The van der Waals surface area contributed by atoms with Gasteiger partial charge in [0.2, 0.25) is 0 Å². The molecule has 0 aromatic heterocycles. The molecular formula is C8H3F7OS. The summed E-state index contributed by atoms with van der Waals surface area (Å²) >= 11 is -0.635. The Balaban J connectivity index is 2.87. The van der Waals surface area contributed by atoms with Crippen LogP contribution in [0.2, 0.25) is 0 Å². The Bertz CT molecular complexity index is 398. The SMILES string of the molecule is Fc1cc(SC(F)(F)F)ccc1OC(F)(F)F. The second kappa shape index (κ2) is 4.63. The molecule has 0 unspecified atom stereocenters. The number of thioether (sulfide) groups is 1. The monoisotopic (exact) mass is 280 g/mol. The van der Waals surface area contributed by atoms with E-state index < -0.39 is 40.1 Å². The van der Waals surface area contributed by atoms with Crippen molar-refractivity contribution in [2.75, 3.05) is 0 Å². The predicted molar refractivity (Wildman–Crippen MR) is 45.0 cm³/mol. The van der Waals surface area contributed by atoms with Gasteiger partial charge in [0.05, 0.1) is 0 Å². The van der Waals surface area contributed by atoms with Gasteiger partial charge in [-0.05, 0) is 30.0 Å². The highest BCUT2D eigenvalue weighted by Crippen LogP contribution is 2.38. The summed E-state index contributed by atoms with van der Waals surface area (Å²) in [6.45, 7) is 0. The molecular weight excluding hydrogens is 277 g/mol. The molecule has 0 N–H and O–H groups in total. The van der Waals surface area contributed by atoms with Crippen molar-refractivity contribution in [2.45, 2.75) is 16.8 Å². The molecule has 0 saturated carbocycles. The van der Waals surface area contributed by atoms with Crippen molar-refractivity contribution >= 4 is 11.8 Å². The van der Waals surface area contributed by atoms with Gasteiger partial charge < -0.3 is 4.74 Å². The van der Waals surface area contributed by atoms with Crippen LogP contribution >= 0.6 is 11.8 Å². The second-order valence-corrected chi connectivity index (χ2v) is 3.83. The predicted octanol–water partition coefficient (Wildman–Crippen LogP) is 4.34. The number of rotatable bonds is 2. The van der Waals surface area contributed by atoms with Crippen LogP contribution in [0.3, 0.4) is 0 Å². The molecule has 1 nitrogen and oxygen atoms in total. The van der Waals surface area contributed by atoms with Crippen LogP contribution in [-0.4, -0.2) is 11.9 Å². The average molecular weight is 280 g/mol. The van der Waals surface area contributed by atoms with Gasteiger partial charge in [0, 0.05) is 4.90 Å². The molecule has 17 heavy (non-hydrogen) atoms. The molecule has 96 valence electrons. The summed E-state index contributed by atoms with van der Waals surface area (Å²) in [5.74, 6) is -2.69. The summed E-state index contributed by atoms with van der Waals surface area (Å²) in [6.07, 6.45) is -5.10. The van der Waals surface area contributed by atoms with Crippen molar-refractivity contribution in [3.8, 4) is 5.75 Å². The van der Waals surface area contributed by atoms with E-state index in [0.717, 1.165) is 0 Å². The van der Waals surface area contributed by atoms with Crippen molar-refractivity contribution in [3.63, 3.8) is 0 Å². The highest BCUT2D eigenvalue weighted by molar-refractivity contribution is 8.00. The van der Waals surface area contributed by atoms with E-state index in [1.807, 2.05) is 0 Å². The number of benzene rings is 1. The summed E-state index contributed by atoms with van der Waals surface area (Å²) in [4.78, 5) is -0.565. The van der Waals surface area contributed by atoms with Gasteiger partial charge in [-0.25, -0.2) is 4.39 Å². The first kappa shape index (κ1) is 13.9. The smallest absolute Gasteiger partial charge is 0.403 e. The molecule has 0 bridgehead atoms. The molecule has 1 aromatic rings. The summed E-state index contributed by atoms with van der Waals surface area (Å²) in [5.41, 5.74) is -4.64. The Kier molecular flexibility index (Phi) is 3.80. The molecule has 0 aliphatic carbocycles. The summed E-state index contributed by atoms with van der Waals surface area (Å²) in [7, 11) is 0. The summed E-state index contributed by atoms with van der Waals surface area (Å²) in [5, 5.41) is 0. The minimum atomic E-state index is -5.10. The molecule has 0 aliphatic rings. The topological polar surface area (TPSA) is 9.23 Å². The van der Waals surface area contributed by atoms with Crippen LogP contribution in [0.5, 0.6) is 5.75 Å².